The van der Waals surface area contributed by atoms with Crippen LogP contribution in [-0.2, 0) is 9.53 Å². The van der Waals surface area contributed by atoms with E-state index in [4.69, 9.17) is 5.11 Å². The number of methoxy groups -OCH3 is 1. The number of carboxylic acid groups (broad SMARTS) is 1. The van der Waals surface area contributed by atoms with Crippen LogP contribution >= 0.6 is 0 Å². The van der Waals surface area contributed by atoms with Crippen LogP contribution in [0.1, 0.15) is 22.3 Å². The Hall–Kier alpha value is -2.70. The van der Waals surface area contributed by atoms with E-state index in [1.165, 1.54) is 31.4 Å². The van der Waals surface area contributed by atoms with Crippen molar-refractivity contribution < 1.29 is 24.4 Å². The minimum absolute atomic E-state index is 0.0340. The van der Waals surface area contributed by atoms with E-state index in [0.717, 1.165) is 6.07 Å². The van der Waals surface area contributed by atoms with Gasteiger partial charge < -0.3 is 9.84 Å². The second-order valence-electron chi connectivity index (χ2n) is 3.56. The number of non-ortho nitro benzene ring substituents is 1. The molecule has 0 aliphatic rings. The Morgan fingerprint density at radius 2 is 2.11 bits per heavy atom. The molecule has 19 heavy (non-hydrogen) atoms. The fourth-order valence-electron chi connectivity index (χ4n) is 1.37. The fourth-order valence-corrected chi connectivity index (χ4v) is 1.37. The second kappa shape index (κ2) is 6.29. The fraction of sp³-hybridized carbons (Fsp3) is 0.167. The van der Waals surface area contributed by atoms with Crippen molar-refractivity contribution in [2.75, 3.05) is 7.11 Å². The number of nitro groups is 1. The van der Waals surface area contributed by atoms with Gasteiger partial charge in [0.2, 0.25) is 0 Å². The number of rotatable bonds is 5. The maximum absolute atomic E-state index is 11.4. The summed E-state index contributed by atoms with van der Waals surface area (Å²) < 4.78 is 4.49. The van der Waals surface area contributed by atoms with Crippen LogP contribution in [0.25, 0.3) is 6.08 Å². The summed E-state index contributed by atoms with van der Waals surface area (Å²) in [7, 11) is 1.17. The van der Waals surface area contributed by atoms with Gasteiger partial charge in [-0.1, -0.05) is 12.2 Å². The number of ether oxygens (including phenoxy) is 1. The van der Waals surface area contributed by atoms with Crippen molar-refractivity contribution in [1.29, 1.82) is 0 Å². The third kappa shape index (κ3) is 4.23. The predicted molar refractivity (Wildman–Crippen MR) is 65.7 cm³/mol. The van der Waals surface area contributed by atoms with Gasteiger partial charge in [0, 0.05) is 12.1 Å². The zero-order chi connectivity index (χ0) is 14.4. The van der Waals surface area contributed by atoms with Crippen LogP contribution in [0, 0.1) is 10.1 Å². The average molecular weight is 265 g/mol. The van der Waals surface area contributed by atoms with Gasteiger partial charge in [0.05, 0.1) is 24.0 Å². The largest absolute Gasteiger partial charge is 0.481 e. The molecule has 0 radical (unpaired) electrons. The number of benzene rings is 1. The summed E-state index contributed by atoms with van der Waals surface area (Å²) in [6.45, 7) is 0. The van der Waals surface area contributed by atoms with E-state index < -0.39 is 16.9 Å². The Labute approximate surface area is 108 Å². The van der Waals surface area contributed by atoms with Crippen molar-refractivity contribution >= 4 is 23.7 Å². The van der Waals surface area contributed by atoms with Crippen LogP contribution in [-0.4, -0.2) is 29.1 Å². The van der Waals surface area contributed by atoms with Crippen molar-refractivity contribution in [2.24, 2.45) is 0 Å². The van der Waals surface area contributed by atoms with E-state index in [9.17, 15) is 19.7 Å². The molecule has 0 heterocycles. The lowest BCUT2D eigenvalue weighted by Crippen LogP contribution is -2.02. The Bertz CT molecular complexity index is 549. The van der Waals surface area contributed by atoms with Crippen molar-refractivity contribution in [3.05, 3.63) is 45.5 Å². The van der Waals surface area contributed by atoms with Crippen LogP contribution in [0.5, 0.6) is 0 Å². The Morgan fingerprint density at radius 3 is 2.63 bits per heavy atom. The van der Waals surface area contributed by atoms with E-state index in [0.29, 0.717) is 5.56 Å². The van der Waals surface area contributed by atoms with Gasteiger partial charge in [-0.2, -0.15) is 0 Å². The molecule has 0 aromatic heterocycles. The molecule has 7 nitrogen and oxygen atoms in total. The molecule has 7 heteroatoms. The number of aliphatic carboxylic acids is 1. The molecule has 0 saturated heterocycles. The summed E-state index contributed by atoms with van der Waals surface area (Å²) in [6, 6.07) is 3.72. The van der Waals surface area contributed by atoms with Crippen molar-refractivity contribution in [3.63, 3.8) is 0 Å². The summed E-state index contributed by atoms with van der Waals surface area (Å²) >= 11 is 0. The van der Waals surface area contributed by atoms with Gasteiger partial charge in [-0.15, -0.1) is 0 Å². The van der Waals surface area contributed by atoms with Crippen LogP contribution in [0.4, 0.5) is 5.69 Å². The van der Waals surface area contributed by atoms with E-state index in [1.54, 1.807) is 0 Å². The highest BCUT2D eigenvalue weighted by Gasteiger charge is 2.13. The summed E-state index contributed by atoms with van der Waals surface area (Å²) in [5, 5.41) is 19.2. The molecular weight excluding hydrogens is 254 g/mol. The van der Waals surface area contributed by atoms with Crippen molar-refractivity contribution in [1.82, 2.24) is 0 Å². The summed E-state index contributed by atoms with van der Waals surface area (Å²) in [5.74, 6) is -1.72. The van der Waals surface area contributed by atoms with E-state index in [2.05, 4.69) is 4.74 Å². The molecule has 1 aromatic rings. The smallest absolute Gasteiger partial charge is 0.338 e. The van der Waals surface area contributed by atoms with Gasteiger partial charge in [-0.3, -0.25) is 14.9 Å². The molecule has 0 saturated carbocycles. The third-order valence-corrected chi connectivity index (χ3v) is 2.17. The summed E-state index contributed by atoms with van der Waals surface area (Å²) in [5.41, 5.74) is 0.125. The van der Waals surface area contributed by atoms with Crippen LogP contribution in [0.3, 0.4) is 0 Å². The zero-order valence-corrected chi connectivity index (χ0v) is 10.0. The highest BCUT2D eigenvalue weighted by atomic mass is 16.6. The number of nitro benzene ring substituents is 1. The molecule has 0 aliphatic carbocycles. The molecule has 0 amide bonds. The number of carbonyl (C=O) groups is 2. The normalized spacial score (nSPS) is 10.4. The number of hydrogen-bond donors (Lipinski definition) is 1. The van der Waals surface area contributed by atoms with Gasteiger partial charge in [0.15, 0.2) is 0 Å². The third-order valence-electron chi connectivity index (χ3n) is 2.17. The van der Waals surface area contributed by atoms with Gasteiger partial charge >= 0.3 is 11.9 Å². The van der Waals surface area contributed by atoms with Gasteiger partial charge in [-0.25, -0.2) is 4.79 Å². The first-order valence-electron chi connectivity index (χ1n) is 5.20. The topological polar surface area (TPSA) is 107 Å². The maximum Gasteiger partial charge on any atom is 0.338 e. The SMILES string of the molecule is COC(=O)c1cc(C=CCC(=O)O)cc([N+](=O)[O-])c1. The minimum Gasteiger partial charge on any atom is -0.481 e. The average Bonchev–Trinajstić information content (AvgIpc) is 2.37. The molecule has 1 rings (SSSR count). The number of carboxylic acids is 1. The first-order valence-corrected chi connectivity index (χ1v) is 5.20. The van der Waals surface area contributed by atoms with Crippen LogP contribution in [0.2, 0.25) is 0 Å². The number of nitrogens with zero attached hydrogens (tertiary/aromatic N) is 1. The predicted octanol–water partition coefficient (Wildman–Crippen LogP) is 1.87. The molecular formula is C12H11NO6. The molecule has 100 valence electrons. The lowest BCUT2D eigenvalue weighted by atomic mass is 10.1. The monoisotopic (exact) mass is 265 g/mol. The molecule has 0 aliphatic heterocycles. The quantitative estimate of drug-likeness (QED) is 0.494. The van der Waals surface area contributed by atoms with E-state index >= 15 is 0 Å². The number of esters is 1. The van der Waals surface area contributed by atoms with E-state index in [-0.39, 0.29) is 17.7 Å². The summed E-state index contributed by atoms with van der Waals surface area (Å²) in [4.78, 5) is 31.8. The highest BCUT2D eigenvalue weighted by Crippen LogP contribution is 2.19. The maximum atomic E-state index is 11.4. The second-order valence-corrected chi connectivity index (χ2v) is 3.56. The lowest BCUT2D eigenvalue weighted by molar-refractivity contribution is -0.384. The lowest BCUT2D eigenvalue weighted by Gasteiger charge is -2.01. The van der Waals surface area contributed by atoms with Crippen LogP contribution in [0.15, 0.2) is 24.3 Å². The van der Waals surface area contributed by atoms with Gasteiger partial charge in [0.1, 0.15) is 0 Å². The van der Waals surface area contributed by atoms with Crippen LogP contribution < -0.4 is 0 Å². The molecule has 0 fully saturated rings. The minimum atomic E-state index is -1.02. The molecule has 0 atom stereocenters. The Balaban J connectivity index is 3.13. The highest BCUT2D eigenvalue weighted by molar-refractivity contribution is 5.91. The van der Waals surface area contributed by atoms with Crippen molar-refractivity contribution in [2.45, 2.75) is 6.42 Å². The van der Waals surface area contributed by atoms with Gasteiger partial charge in [-0.05, 0) is 11.6 Å². The summed E-state index contributed by atoms with van der Waals surface area (Å²) in [6.07, 6.45) is 2.52. The number of carbonyl (C=O) groups excluding carboxylic acids is 1. The zero-order valence-electron chi connectivity index (χ0n) is 10.0. The van der Waals surface area contributed by atoms with E-state index in [1.807, 2.05) is 0 Å². The first kappa shape index (κ1) is 14.4. The standard InChI is InChI=1S/C12H11NO6/c1-19-12(16)9-5-8(3-2-4-11(14)15)6-10(7-9)13(17)18/h2-3,5-7H,4H2,1H3,(H,14,15). The molecule has 1 aromatic carbocycles. The molecule has 0 spiro atoms. The van der Waals surface area contributed by atoms with Gasteiger partial charge in [0.25, 0.3) is 5.69 Å². The molecule has 0 bridgehead atoms. The van der Waals surface area contributed by atoms with Crippen molar-refractivity contribution in [3.8, 4) is 0 Å². The molecule has 1 N–H and O–H groups in total. The number of hydrogen-bond acceptors (Lipinski definition) is 5. The Kier molecular flexibility index (Phi) is 4.76. The first-order chi connectivity index (χ1) is 8.93. The Morgan fingerprint density at radius 1 is 1.42 bits per heavy atom. The molecule has 0 unspecified atom stereocenters.